The third kappa shape index (κ3) is 2.83. The van der Waals surface area contributed by atoms with Gasteiger partial charge >= 0.3 is 0 Å². The summed E-state index contributed by atoms with van der Waals surface area (Å²) in [5.74, 6) is 0.981. The van der Waals surface area contributed by atoms with Crippen molar-refractivity contribution in [2.45, 2.75) is 53.2 Å². The summed E-state index contributed by atoms with van der Waals surface area (Å²) >= 11 is 0. The minimum Gasteiger partial charge on any atom is -0.389 e. The Bertz CT molecular complexity index is 486. The number of hydrogen-bond donors (Lipinski definition) is 1. The van der Waals surface area contributed by atoms with Crippen LogP contribution in [0, 0.1) is 24.6 Å². The van der Waals surface area contributed by atoms with Crippen LogP contribution in [0.4, 0.5) is 10.1 Å². The molecule has 0 amide bonds. The number of hydrogen-bond acceptors (Lipinski definition) is 2. The molecular weight excluding hydrogens is 253 g/mol. The molecule has 1 heterocycles. The average Bonchev–Trinajstić information content (AvgIpc) is 2.36. The molecule has 0 bridgehead atoms. The van der Waals surface area contributed by atoms with Crippen LogP contribution >= 0.6 is 0 Å². The molecule has 1 saturated heterocycles. The van der Waals surface area contributed by atoms with Gasteiger partial charge in [-0.05, 0) is 56.7 Å². The largest absolute Gasteiger partial charge is 0.389 e. The van der Waals surface area contributed by atoms with Gasteiger partial charge in [-0.2, -0.15) is 0 Å². The first kappa shape index (κ1) is 15.3. The molecule has 1 aromatic rings. The highest BCUT2D eigenvalue weighted by atomic mass is 19.1. The Morgan fingerprint density at radius 3 is 2.55 bits per heavy atom. The van der Waals surface area contributed by atoms with Gasteiger partial charge in [-0.3, -0.25) is 0 Å². The molecule has 1 aliphatic rings. The normalized spacial score (nSPS) is 28.6. The first-order chi connectivity index (χ1) is 9.31. The summed E-state index contributed by atoms with van der Waals surface area (Å²) in [6, 6.07) is 3.79. The van der Waals surface area contributed by atoms with Gasteiger partial charge in [-0.15, -0.1) is 0 Å². The lowest BCUT2D eigenvalue weighted by Gasteiger charge is -2.43. The van der Waals surface area contributed by atoms with Crippen molar-refractivity contribution in [1.82, 2.24) is 0 Å². The van der Waals surface area contributed by atoms with Crippen molar-refractivity contribution in [1.29, 1.82) is 0 Å². The molecule has 4 unspecified atom stereocenters. The maximum atomic E-state index is 13.8. The molecule has 0 aliphatic carbocycles. The van der Waals surface area contributed by atoms with Crippen LogP contribution in [0.1, 0.15) is 51.3 Å². The Morgan fingerprint density at radius 2 is 1.95 bits per heavy atom. The molecule has 2 nitrogen and oxygen atoms in total. The Hall–Kier alpha value is -1.09. The van der Waals surface area contributed by atoms with Gasteiger partial charge in [0.15, 0.2) is 0 Å². The summed E-state index contributed by atoms with van der Waals surface area (Å²) in [7, 11) is 0. The Balaban J connectivity index is 2.47. The average molecular weight is 279 g/mol. The van der Waals surface area contributed by atoms with E-state index in [1.165, 1.54) is 12.5 Å². The summed E-state index contributed by atoms with van der Waals surface area (Å²) in [5.41, 5.74) is 2.33. The molecule has 0 saturated carbocycles. The van der Waals surface area contributed by atoms with E-state index in [-0.39, 0.29) is 5.82 Å². The molecule has 20 heavy (non-hydrogen) atoms. The van der Waals surface area contributed by atoms with Crippen LogP contribution in [0.15, 0.2) is 12.1 Å². The summed E-state index contributed by atoms with van der Waals surface area (Å²) in [4.78, 5) is 2.34. The van der Waals surface area contributed by atoms with E-state index in [2.05, 4.69) is 25.7 Å². The van der Waals surface area contributed by atoms with Crippen LogP contribution in [-0.2, 0) is 0 Å². The molecule has 0 aromatic heterocycles. The van der Waals surface area contributed by atoms with E-state index in [9.17, 15) is 9.50 Å². The zero-order valence-corrected chi connectivity index (χ0v) is 13.2. The zero-order chi connectivity index (χ0) is 15.0. The van der Waals surface area contributed by atoms with Gasteiger partial charge in [0, 0.05) is 23.8 Å². The van der Waals surface area contributed by atoms with Crippen molar-refractivity contribution in [2.24, 2.45) is 11.8 Å². The minimum absolute atomic E-state index is 0.240. The quantitative estimate of drug-likeness (QED) is 0.882. The molecule has 1 aromatic carbocycles. The second-order valence-electron chi connectivity index (χ2n) is 6.55. The van der Waals surface area contributed by atoms with Crippen molar-refractivity contribution in [3.63, 3.8) is 0 Å². The minimum atomic E-state index is -0.653. The van der Waals surface area contributed by atoms with Crippen molar-refractivity contribution < 1.29 is 9.50 Å². The van der Waals surface area contributed by atoms with Crippen LogP contribution in [0.3, 0.4) is 0 Å². The maximum Gasteiger partial charge on any atom is 0.126 e. The predicted octanol–water partition coefficient (Wildman–Crippen LogP) is 4.06. The summed E-state index contributed by atoms with van der Waals surface area (Å²) in [6.07, 6.45) is 0.571. The van der Waals surface area contributed by atoms with E-state index >= 15 is 0 Å². The molecule has 2 rings (SSSR count). The van der Waals surface area contributed by atoms with Crippen molar-refractivity contribution >= 4 is 5.69 Å². The predicted molar refractivity (Wildman–Crippen MR) is 81.5 cm³/mol. The van der Waals surface area contributed by atoms with Crippen LogP contribution in [0.25, 0.3) is 0 Å². The number of nitrogens with zero attached hydrogens (tertiary/aromatic N) is 1. The molecule has 112 valence electrons. The van der Waals surface area contributed by atoms with Gasteiger partial charge in [0.25, 0.3) is 0 Å². The highest BCUT2D eigenvalue weighted by Crippen LogP contribution is 2.36. The van der Waals surface area contributed by atoms with Gasteiger partial charge in [-0.1, -0.05) is 13.8 Å². The summed E-state index contributed by atoms with van der Waals surface area (Å²) in [5, 5.41) is 9.98. The molecule has 0 radical (unpaired) electrons. The summed E-state index contributed by atoms with van der Waals surface area (Å²) < 4.78 is 13.8. The molecule has 1 N–H and O–H groups in total. The van der Waals surface area contributed by atoms with Gasteiger partial charge in [0.1, 0.15) is 5.82 Å². The molecular formula is C17H26FNO. The molecule has 1 fully saturated rings. The monoisotopic (exact) mass is 279 g/mol. The van der Waals surface area contributed by atoms with Gasteiger partial charge in [0.2, 0.25) is 0 Å². The summed E-state index contributed by atoms with van der Waals surface area (Å²) in [6.45, 7) is 11.2. The second kappa shape index (κ2) is 5.72. The zero-order valence-electron chi connectivity index (χ0n) is 13.2. The standard InChI is InChI=1S/C17H26FNO/c1-10-6-11(2)13(4)19(9-10)17-7-12(3)16(18)8-15(17)14(5)20/h7-8,10-11,13-14,20H,6,9H2,1-5H3. The van der Waals surface area contributed by atoms with E-state index in [0.717, 1.165) is 12.2 Å². The highest BCUT2D eigenvalue weighted by molar-refractivity contribution is 5.58. The lowest BCUT2D eigenvalue weighted by Crippen LogP contribution is -2.46. The Labute approximate surface area is 121 Å². The smallest absolute Gasteiger partial charge is 0.126 e. The number of aliphatic hydroxyl groups is 1. The fraction of sp³-hybridized carbons (Fsp3) is 0.647. The molecule has 3 heteroatoms. The van der Waals surface area contributed by atoms with E-state index < -0.39 is 6.10 Å². The topological polar surface area (TPSA) is 23.5 Å². The Morgan fingerprint density at radius 1 is 1.30 bits per heavy atom. The number of aliphatic hydroxyl groups excluding tert-OH is 1. The third-order valence-corrected chi connectivity index (χ3v) is 4.67. The maximum absolute atomic E-state index is 13.8. The van der Waals surface area contributed by atoms with Crippen molar-refractivity contribution in [3.8, 4) is 0 Å². The number of halogens is 1. The second-order valence-corrected chi connectivity index (χ2v) is 6.55. The van der Waals surface area contributed by atoms with E-state index in [1.807, 2.05) is 6.07 Å². The van der Waals surface area contributed by atoms with Gasteiger partial charge < -0.3 is 10.0 Å². The number of aryl methyl sites for hydroxylation is 1. The lowest BCUT2D eigenvalue weighted by molar-refractivity contribution is 0.198. The number of rotatable bonds is 2. The van der Waals surface area contributed by atoms with Crippen LogP contribution in [0.5, 0.6) is 0 Å². The van der Waals surface area contributed by atoms with Crippen LogP contribution < -0.4 is 4.90 Å². The fourth-order valence-electron chi connectivity index (χ4n) is 3.30. The Kier molecular flexibility index (Phi) is 4.38. The molecule has 0 spiro atoms. The van der Waals surface area contributed by atoms with Gasteiger partial charge in [0.05, 0.1) is 6.10 Å². The number of benzene rings is 1. The first-order valence-corrected chi connectivity index (χ1v) is 7.56. The van der Waals surface area contributed by atoms with E-state index in [1.54, 1.807) is 13.8 Å². The third-order valence-electron chi connectivity index (χ3n) is 4.67. The van der Waals surface area contributed by atoms with Crippen LogP contribution in [0.2, 0.25) is 0 Å². The molecule has 4 atom stereocenters. The number of piperidine rings is 1. The highest BCUT2D eigenvalue weighted by Gasteiger charge is 2.31. The van der Waals surface area contributed by atoms with E-state index in [4.69, 9.17) is 0 Å². The molecule has 1 aliphatic heterocycles. The van der Waals surface area contributed by atoms with Crippen molar-refractivity contribution in [3.05, 3.63) is 29.1 Å². The van der Waals surface area contributed by atoms with E-state index in [0.29, 0.717) is 29.0 Å². The van der Waals surface area contributed by atoms with Crippen molar-refractivity contribution in [2.75, 3.05) is 11.4 Å². The number of anilines is 1. The lowest BCUT2D eigenvalue weighted by atomic mass is 9.85. The first-order valence-electron chi connectivity index (χ1n) is 7.56. The SMILES string of the molecule is Cc1cc(N2CC(C)CC(C)C2C)c(C(C)O)cc1F. The fourth-order valence-corrected chi connectivity index (χ4v) is 3.30. The van der Waals surface area contributed by atoms with Crippen LogP contribution in [-0.4, -0.2) is 17.7 Å². The van der Waals surface area contributed by atoms with Gasteiger partial charge in [-0.25, -0.2) is 4.39 Å².